The molecule has 0 aliphatic carbocycles. The molecule has 9 heteroatoms. The molecule has 4 nitrogen and oxygen atoms in total. The van der Waals surface area contributed by atoms with Crippen molar-refractivity contribution in [1.82, 2.24) is 9.38 Å². The van der Waals surface area contributed by atoms with E-state index in [0.29, 0.717) is 22.0 Å². The number of nitrogens with one attached hydrogen (secondary N) is 1. The lowest BCUT2D eigenvalue weighted by molar-refractivity contribution is -0.137. The third-order valence-corrected chi connectivity index (χ3v) is 4.82. The van der Waals surface area contributed by atoms with Gasteiger partial charge in [-0.2, -0.15) is 13.2 Å². The van der Waals surface area contributed by atoms with Crippen LogP contribution in [0.3, 0.4) is 0 Å². The van der Waals surface area contributed by atoms with Crippen LogP contribution in [0.4, 0.5) is 23.4 Å². The van der Waals surface area contributed by atoms with Crippen molar-refractivity contribution in [2.24, 2.45) is 0 Å². The monoisotopic (exact) mass is 405 g/mol. The predicted molar refractivity (Wildman–Crippen MR) is 97.9 cm³/mol. The molecule has 0 unspecified atom stereocenters. The molecule has 0 atom stereocenters. The van der Waals surface area contributed by atoms with Gasteiger partial charge in [-0.25, -0.2) is 9.37 Å². The summed E-state index contributed by atoms with van der Waals surface area (Å²) in [4.78, 5) is 17.6. The summed E-state index contributed by atoms with van der Waals surface area (Å²) in [5.41, 5.74) is -0.0817. The van der Waals surface area contributed by atoms with Crippen molar-refractivity contribution >= 4 is 28.0 Å². The van der Waals surface area contributed by atoms with E-state index in [1.165, 1.54) is 47.7 Å². The molecule has 0 bridgehead atoms. The van der Waals surface area contributed by atoms with Crippen molar-refractivity contribution < 1.29 is 22.4 Å². The lowest BCUT2D eigenvalue weighted by atomic mass is 10.1. The minimum absolute atomic E-state index is 0.134. The molecule has 28 heavy (non-hydrogen) atoms. The molecule has 4 rings (SSSR count). The number of thiazole rings is 1. The Bertz CT molecular complexity index is 1160. The van der Waals surface area contributed by atoms with E-state index in [1.807, 2.05) is 0 Å². The second-order valence-electron chi connectivity index (χ2n) is 5.90. The maximum absolute atomic E-state index is 13.2. The van der Waals surface area contributed by atoms with Crippen molar-refractivity contribution in [3.63, 3.8) is 0 Å². The largest absolute Gasteiger partial charge is 0.416 e. The van der Waals surface area contributed by atoms with Crippen LogP contribution in [0.5, 0.6) is 0 Å². The first kappa shape index (κ1) is 18.2. The van der Waals surface area contributed by atoms with E-state index >= 15 is 0 Å². The van der Waals surface area contributed by atoms with Crippen LogP contribution >= 0.6 is 11.3 Å². The predicted octanol–water partition coefficient (Wildman–Crippen LogP) is 5.47. The van der Waals surface area contributed by atoms with Gasteiger partial charge in [0.1, 0.15) is 17.3 Å². The Morgan fingerprint density at radius 2 is 1.86 bits per heavy atom. The van der Waals surface area contributed by atoms with E-state index in [4.69, 9.17) is 0 Å². The number of aromatic nitrogens is 2. The van der Waals surface area contributed by atoms with Crippen LogP contribution in [-0.2, 0) is 6.18 Å². The van der Waals surface area contributed by atoms with Crippen molar-refractivity contribution in [1.29, 1.82) is 0 Å². The summed E-state index contributed by atoms with van der Waals surface area (Å²) in [6.45, 7) is 0. The van der Waals surface area contributed by atoms with Gasteiger partial charge in [0.2, 0.25) is 0 Å². The Morgan fingerprint density at radius 1 is 1.11 bits per heavy atom. The molecule has 0 radical (unpaired) electrons. The van der Waals surface area contributed by atoms with Crippen LogP contribution in [0.1, 0.15) is 15.9 Å². The standard InChI is InChI=1S/C19H11F4N3OS/c20-14-6-4-11(5-7-14)15-16(26-8-9-28-18(26)24-15)25-17(27)12-2-1-3-13(10-12)19(21,22)23/h1-10H,(H,25,27). The molecule has 0 spiro atoms. The van der Waals surface area contributed by atoms with Gasteiger partial charge in [0.15, 0.2) is 4.96 Å². The molecule has 2 aromatic carbocycles. The Labute approximate surface area is 160 Å². The maximum atomic E-state index is 13.2. The zero-order chi connectivity index (χ0) is 19.9. The van der Waals surface area contributed by atoms with Gasteiger partial charge in [0, 0.05) is 22.7 Å². The number of anilines is 1. The van der Waals surface area contributed by atoms with Crippen LogP contribution < -0.4 is 5.32 Å². The molecule has 2 heterocycles. The number of hydrogen-bond acceptors (Lipinski definition) is 3. The summed E-state index contributed by atoms with van der Waals surface area (Å²) in [5.74, 6) is -0.827. The van der Waals surface area contributed by atoms with Gasteiger partial charge in [-0.15, -0.1) is 11.3 Å². The van der Waals surface area contributed by atoms with Crippen molar-refractivity contribution in [3.8, 4) is 11.3 Å². The van der Waals surface area contributed by atoms with Gasteiger partial charge in [-0.05, 0) is 42.5 Å². The number of nitrogens with zero attached hydrogens (tertiary/aromatic N) is 2. The summed E-state index contributed by atoms with van der Waals surface area (Å²) >= 11 is 1.33. The smallest absolute Gasteiger partial charge is 0.306 e. The molecule has 1 N–H and O–H groups in total. The fourth-order valence-electron chi connectivity index (χ4n) is 2.73. The number of rotatable bonds is 3. The normalized spacial score (nSPS) is 11.7. The second kappa shape index (κ2) is 6.75. The number of fused-ring (bicyclic) bond motifs is 1. The first-order chi connectivity index (χ1) is 13.3. The molecular formula is C19H11F4N3OS. The number of benzene rings is 2. The van der Waals surface area contributed by atoms with Crippen LogP contribution in [0, 0.1) is 5.82 Å². The van der Waals surface area contributed by atoms with Crippen molar-refractivity contribution in [2.45, 2.75) is 6.18 Å². The number of amides is 1. The van der Waals surface area contributed by atoms with Gasteiger partial charge in [-0.1, -0.05) is 6.07 Å². The highest BCUT2D eigenvalue weighted by Gasteiger charge is 2.31. The van der Waals surface area contributed by atoms with Gasteiger partial charge < -0.3 is 5.32 Å². The SMILES string of the molecule is O=C(Nc1c(-c2ccc(F)cc2)nc2sccn12)c1cccc(C(F)(F)F)c1. The van der Waals surface area contributed by atoms with E-state index in [9.17, 15) is 22.4 Å². The number of alkyl halides is 3. The third kappa shape index (κ3) is 3.36. The lowest BCUT2D eigenvalue weighted by Crippen LogP contribution is -2.15. The van der Waals surface area contributed by atoms with E-state index in [0.717, 1.165) is 12.1 Å². The van der Waals surface area contributed by atoms with Gasteiger partial charge in [0.25, 0.3) is 5.91 Å². The van der Waals surface area contributed by atoms with E-state index in [-0.39, 0.29) is 5.56 Å². The van der Waals surface area contributed by atoms with Crippen LogP contribution in [-0.4, -0.2) is 15.3 Å². The number of halogens is 4. The quantitative estimate of drug-likeness (QED) is 0.459. The average molecular weight is 405 g/mol. The third-order valence-electron chi connectivity index (χ3n) is 4.06. The summed E-state index contributed by atoms with van der Waals surface area (Å²) < 4.78 is 53.6. The highest BCUT2D eigenvalue weighted by atomic mass is 32.1. The fourth-order valence-corrected chi connectivity index (χ4v) is 3.44. The van der Waals surface area contributed by atoms with Crippen LogP contribution in [0.25, 0.3) is 16.2 Å². The minimum atomic E-state index is -4.55. The van der Waals surface area contributed by atoms with Crippen molar-refractivity contribution in [3.05, 3.63) is 77.1 Å². The van der Waals surface area contributed by atoms with Crippen molar-refractivity contribution in [2.75, 3.05) is 5.32 Å². The Morgan fingerprint density at radius 3 is 2.57 bits per heavy atom. The maximum Gasteiger partial charge on any atom is 0.416 e. The number of carbonyl (C=O) groups is 1. The number of hydrogen-bond donors (Lipinski definition) is 1. The number of carbonyl (C=O) groups excluding carboxylic acids is 1. The van der Waals surface area contributed by atoms with Gasteiger partial charge in [-0.3, -0.25) is 9.20 Å². The molecular weight excluding hydrogens is 394 g/mol. The Hall–Kier alpha value is -3.20. The van der Waals surface area contributed by atoms with Crippen LogP contribution in [0.15, 0.2) is 60.1 Å². The van der Waals surface area contributed by atoms with Gasteiger partial charge in [0.05, 0.1) is 5.56 Å². The zero-order valence-electron chi connectivity index (χ0n) is 14.0. The highest BCUT2D eigenvalue weighted by Crippen LogP contribution is 2.32. The molecule has 142 valence electrons. The summed E-state index contributed by atoms with van der Waals surface area (Å²) in [7, 11) is 0. The summed E-state index contributed by atoms with van der Waals surface area (Å²) in [6.07, 6.45) is -2.87. The molecule has 0 saturated heterocycles. The van der Waals surface area contributed by atoms with Gasteiger partial charge >= 0.3 is 6.18 Å². The summed E-state index contributed by atoms with van der Waals surface area (Å²) in [6, 6.07) is 9.73. The van der Waals surface area contributed by atoms with E-state index in [1.54, 1.807) is 16.0 Å². The Balaban J connectivity index is 1.73. The summed E-state index contributed by atoms with van der Waals surface area (Å²) in [5, 5.41) is 4.40. The topological polar surface area (TPSA) is 46.4 Å². The lowest BCUT2D eigenvalue weighted by Gasteiger charge is -2.10. The molecule has 4 aromatic rings. The van der Waals surface area contributed by atoms with Crippen LogP contribution in [0.2, 0.25) is 0 Å². The Kier molecular flexibility index (Phi) is 4.38. The molecule has 0 saturated carbocycles. The highest BCUT2D eigenvalue weighted by molar-refractivity contribution is 7.15. The second-order valence-corrected chi connectivity index (χ2v) is 6.78. The van der Waals surface area contributed by atoms with E-state index in [2.05, 4.69) is 10.3 Å². The molecule has 2 aromatic heterocycles. The fraction of sp³-hybridized carbons (Fsp3) is 0.0526. The first-order valence-electron chi connectivity index (χ1n) is 8.03. The molecule has 0 fully saturated rings. The molecule has 1 amide bonds. The average Bonchev–Trinajstić information content (AvgIpc) is 3.24. The van der Waals surface area contributed by atoms with E-state index < -0.39 is 23.5 Å². The first-order valence-corrected chi connectivity index (χ1v) is 8.91. The number of imidazole rings is 1. The molecule has 0 aliphatic heterocycles. The zero-order valence-corrected chi connectivity index (χ0v) is 14.8. The minimum Gasteiger partial charge on any atom is -0.306 e. The molecule has 0 aliphatic rings.